The van der Waals surface area contributed by atoms with Crippen molar-refractivity contribution in [3.63, 3.8) is 0 Å². The highest BCUT2D eigenvalue weighted by Crippen LogP contribution is 2.37. The molecule has 0 fully saturated rings. The average molecular weight is 335 g/mol. The molecule has 0 aromatic heterocycles. The molecule has 0 aliphatic carbocycles. The zero-order valence-electron chi connectivity index (χ0n) is 15.2. The minimum absolute atomic E-state index is 0.175. The van der Waals surface area contributed by atoms with Gasteiger partial charge in [0.25, 0.3) is 0 Å². The van der Waals surface area contributed by atoms with E-state index in [9.17, 15) is 5.11 Å². The Morgan fingerprint density at radius 3 is 1.91 bits per heavy atom. The predicted molar refractivity (Wildman–Crippen MR) is 100 cm³/mol. The van der Waals surface area contributed by atoms with Crippen LogP contribution in [0.5, 0.6) is 5.75 Å². The van der Waals surface area contributed by atoms with Crippen molar-refractivity contribution < 1.29 is 9.53 Å². The lowest BCUT2D eigenvalue weighted by atomic mass is 10.1. The van der Waals surface area contributed by atoms with Gasteiger partial charge in [-0.2, -0.15) is 0 Å². The first-order valence-electron chi connectivity index (χ1n) is 7.82. The maximum absolute atomic E-state index is 10.2. The molecule has 1 atom stereocenters. The second-order valence-electron chi connectivity index (χ2n) is 8.35. The van der Waals surface area contributed by atoms with E-state index in [0.717, 1.165) is 11.3 Å². The smallest absolute Gasteiger partial charge is 0.250 e. The van der Waals surface area contributed by atoms with E-state index in [-0.39, 0.29) is 5.04 Å². The van der Waals surface area contributed by atoms with E-state index < -0.39 is 22.5 Å². The Balaban J connectivity index is 2.85. The molecule has 0 saturated carbocycles. The molecule has 0 saturated heterocycles. The van der Waals surface area contributed by atoms with Crippen LogP contribution in [0.2, 0.25) is 37.8 Å². The molecule has 1 N–H and O–H groups in total. The second-order valence-corrected chi connectivity index (χ2v) is 17.8. The van der Waals surface area contributed by atoms with Gasteiger partial charge in [0.15, 0.2) is 0 Å². The molecule has 0 aliphatic heterocycles. The number of aliphatic hydroxyl groups is 1. The Kier molecular flexibility index (Phi) is 5.72. The minimum atomic E-state index is -1.82. The fourth-order valence-electron chi connectivity index (χ4n) is 1.53. The fraction of sp³-hybridized carbons (Fsp3) is 0.556. The van der Waals surface area contributed by atoms with E-state index in [1.165, 1.54) is 0 Å². The van der Waals surface area contributed by atoms with E-state index in [1.807, 2.05) is 24.3 Å². The van der Waals surface area contributed by atoms with Gasteiger partial charge in [0.1, 0.15) is 19.9 Å². The van der Waals surface area contributed by atoms with Crippen molar-refractivity contribution in [3.05, 3.63) is 29.8 Å². The highest BCUT2D eigenvalue weighted by molar-refractivity contribution is 6.83. The summed E-state index contributed by atoms with van der Waals surface area (Å²) in [6.07, 6.45) is -0.714. The second kappa shape index (κ2) is 6.61. The largest absolute Gasteiger partial charge is 0.544 e. The van der Waals surface area contributed by atoms with Gasteiger partial charge in [0.2, 0.25) is 8.32 Å². The van der Waals surface area contributed by atoms with Crippen LogP contribution in [0.3, 0.4) is 0 Å². The summed E-state index contributed by atoms with van der Waals surface area (Å²) in [5.74, 6) is 3.84. The Morgan fingerprint density at radius 2 is 1.50 bits per heavy atom. The maximum Gasteiger partial charge on any atom is 0.250 e. The molecule has 1 unspecified atom stereocenters. The lowest BCUT2D eigenvalue weighted by molar-refractivity contribution is 0.238. The number of rotatable bonds is 3. The van der Waals surface area contributed by atoms with Gasteiger partial charge in [-0.3, -0.25) is 0 Å². The van der Waals surface area contributed by atoms with Crippen LogP contribution in [-0.4, -0.2) is 21.5 Å². The molecule has 1 rings (SSSR count). The van der Waals surface area contributed by atoms with Gasteiger partial charge in [-0.25, -0.2) is 0 Å². The molecule has 0 bridgehead atoms. The summed E-state index contributed by atoms with van der Waals surface area (Å²) in [5, 5.41) is 10.3. The molecular formula is C18H30O2Si2. The van der Waals surface area contributed by atoms with Crippen molar-refractivity contribution in [1.29, 1.82) is 0 Å². The van der Waals surface area contributed by atoms with Gasteiger partial charge >= 0.3 is 0 Å². The number of benzene rings is 1. The van der Waals surface area contributed by atoms with Crippen molar-refractivity contribution in [1.82, 2.24) is 0 Å². The van der Waals surface area contributed by atoms with Crippen LogP contribution in [0.1, 0.15) is 32.4 Å². The monoisotopic (exact) mass is 334 g/mol. The number of hydrogen-bond acceptors (Lipinski definition) is 2. The predicted octanol–water partition coefficient (Wildman–Crippen LogP) is 4.98. The summed E-state index contributed by atoms with van der Waals surface area (Å²) in [5.41, 5.74) is 4.03. The average Bonchev–Trinajstić information content (AvgIpc) is 2.34. The lowest BCUT2D eigenvalue weighted by Crippen LogP contribution is -2.43. The standard InChI is InChI=1S/C18H30O2Si2/c1-18(2,3)22(7,8)20-16-11-9-15(10-12-16)17(19)13-14-21(4,5)6/h9-12,17,19H,1-8H3. The molecule has 4 heteroatoms. The molecule has 0 spiro atoms. The molecule has 0 amide bonds. The summed E-state index contributed by atoms with van der Waals surface area (Å²) in [6.45, 7) is 17.6. The van der Waals surface area contributed by atoms with E-state index in [0.29, 0.717) is 0 Å². The van der Waals surface area contributed by atoms with Gasteiger partial charge in [-0.05, 0) is 35.8 Å². The van der Waals surface area contributed by atoms with Gasteiger partial charge in [0, 0.05) is 0 Å². The van der Waals surface area contributed by atoms with Crippen LogP contribution in [0.15, 0.2) is 24.3 Å². The summed E-state index contributed by atoms with van der Waals surface area (Å²) < 4.78 is 6.24. The first-order valence-corrected chi connectivity index (χ1v) is 14.2. The van der Waals surface area contributed by atoms with Crippen LogP contribution < -0.4 is 4.43 Å². The van der Waals surface area contributed by atoms with Crippen molar-refractivity contribution >= 4 is 16.4 Å². The number of hydrogen-bond donors (Lipinski definition) is 1. The Morgan fingerprint density at radius 1 is 1.00 bits per heavy atom. The van der Waals surface area contributed by atoms with Crippen molar-refractivity contribution in [2.75, 3.05) is 0 Å². The highest BCUT2D eigenvalue weighted by atomic mass is 28.4. The molecule has 0 heterocycles. The summed E-state index contributed by atoms with van der Waals surface area (Å²) in [4.78, 5) is 0. The Labute approximate surface area is 138 Å². The van der Waals surface area contributed by atoms with Gasteiger partial charge < -0.3 is 9.53 Å². The number of aliphatic hydroxyl groups excluding tert-OH is 1. The lowest BCUT2D eigenvalue weighted by Gasteiger charge is -2.36. The van der Waals surface area contributed by atoms with Crippen molar-refractivity contribution in [2.24, 2.45) is 0 Å². The Bertz CT molecular complexity index is 552. The normalized spacial score (nSPS) is 14.0. The molecule has 1 aromatic rings. The molecular weight excluding hydrogens is 304 g/mol. The maximum atomic E-state index is 10.2. The van der Waals surface area contributed by atoms with E-state index in [2.05, 4.69) is 65.0 Å². The quantitative estimate of drug-likeness (QED) is 0.623. The van der Waals surface area contributed by atoms with Crippen LogP contribution >= 0.6 is 0 Å². The van der Waals surface area contributed by atoms with Crippen molar-refractivity contribution in [2.45, 2.75) is 64.6 Å². The van der Waals surface area contributed by atoms with Crippen LogP contribution in [0.25, 0.3) is 0 Å². The summed E-state index contributed by atoms with van der Waals surface area (Å²) in [6, 6.07) is 7.70. The molecule has 122 valence electrons. The SMILES string of the molecule is CC(C)(C)[Si](C)(C)Oc1ccc(C(O)C#C[Si](C)(C)C)cc1. The van der Waals surface area contributed by atoms with Gasteiger partial charge in [-0.1, -0.05) is 58.5 Å². The highest BCUT2D eigenvalue weighted by Gasteiger charge is 2.38. The molecule has 22 heavy (non-hydrogen) atoms. The third-order valence-corrected chi connectivity index (χ3v) is 9.21. The third kappa shape index (κ3) is 5.64. The minimum Gasteiger partial charge on any atom is -0.544 e. The first-order chi connectivity index (χ1) is 9.82. The molecule has 0 aliphatic rings. The van der Waals surface area contributed by atoms with Crippen molar-refractivity contribution in [3.8, 4) is 17.2 Å². The van der Waals surface area contributed by atoms with Crippen LogP contribution in [0.4, 0.5) is 0 Å². The zero-order valence-corrected chi connectivity index (χ0v) is 17.2. The first kappa shape index (κ1) is 19.0. The van der Waals surface area contributed by atoms with Gasteiger partial charge in [-0.15, -0.1) is 5.54 Å². The fourth-order valence-corrected chi connectivity index (χ4v) is 3.14. The summed E-state index contributed by atoms with van der Waals surface area (Å²) in [7, 11) is -3.27. The van der Waals surface area contributed by atoms with E-state index >= 15 is 0 Å². The van der Waals surface area contributed by atoms with Crippen LogP contribution in [0, 0.1) is 11.5 Å². The molecule has 0 radical (unpaired) electrons. The Hall–Kier alpha value is -1.03. The molecule has 1 aromatic carbocycles. The van der Waals surface area contributed by atoms with Gasteiger partial charge in [0.05, 0.1) is 0 Å². The zero-order chi connectivity index (χ0) is 17.2. The van der Waals surface area contributed by atoms with E-state index in [1.54, 1.807) is 0 Å². The third-order valence-electron chi connectivity index (χ3n) is 3.96. The summed E-state index contributed by atoms with van der Waals surface area (Å²) >= 11 is 0. The topological polar surface area (TPSA) is 29.5 Å². The van der Waals surface area contributed by atoms with E-state index in [4.69, 9.17) is 4.43 Å². The molecule has 2 nitrogen and oxygen atoms in total. The van der Waals surface area contributed by atoms with Crippen LogP contribution in [-0.2, 0) is 0 Å².